The van der Waals surface area contributed by atoms with E-state index in [1.807, 2.05) is 26.8 Å². The second kappa shape index (κ2) is 4.22. The molecule has 0 unspecified atom stereocenters. The third-order valence-corrected chi connectivity index (χ3v) is 2.11. The van der Waals surface area contributed by atoms with Gasteiger partial charge in [-0.3, -0.25) is 9.78 Å². The molecule has 0 amide bonds. The van der Waals surface area contributed by atoms with Crippen molar-refractivity contribution in [3.63, 3.8) is 0 Å². The zero-order valence-electron chi connectivity index (χ0n) is 9.19. The first kappa shape index (κ1) is 11.4. The smallest absolute Gasteiger partial charge is 0.161 e. The molecule has 0 N–H and O–H groups in total. The molecule has 0 aliphatic heterocycles. The van der Waals surface area contributed by atoms with Gasteiger partial charge >= 0.3 is 0 Å². The van der Waals surface area contributed by atoms with Gasteiger partial charge in [-0.05, 0) is 12.1 Å². The van der Waals surface area contributed by atoms with Crippen LogP contribution < -0.4 is 0 Å². The molecule has 0 fully saturated rings. The zero-order chi connectivity index (χ0) is 11.5. The van der Waals surface area contributed by atoms with Gasteiger partial charge in [-0.15, -0.1) is 0 Å². The van der Waals surface area contributed by atoms with Crippen LogP contribution in [0.15, 0.2) is 24.4 Å². The van der Waals surface area contributed by atoms with Gasteiger partial charge in [0.25, 0.3) is 0 Å². The lowest BCUT2D eigenvalue weighted by Crippen LogP contribution is -2.26. The van der Waals surface area contributed by atoms with E-state index >= 15 is 0 Å². The number of carbonyl (C=O) groups excluding carboxylic acids is 1. The van der Waals surface area contributed by atoms with Crippen molar-refractivity contribution in [1.82, 2.24) is 4.98 Å². The van der Waals surface area contributed by atoms with Crippen molar-refractivity contribution in [1.29, 1.82) is 5.26 Å². The molecular weight excluding hydrogens is 188 g/mol. The predicted octanol–water partition coefficient (Wildman–Crippen LogP) is 2.30. The van der Waals surface area contributed by atoms with Crippen LogP contribution in [0.5, 0.6) is 0 Å². The Hall–Kier alpha value is -1.69. The molecule has 1 atom stereocenters. The number of nitrogens with zero attached hydrogens (tertiary/aromatic N) is 2. The average Bonchev–Trinajstić information content (AvgIpc) is 2.19. The van der Waals surface area contributed by atoms with Crippen molar-refractivity contribution in [3.05, 3.63) is 30.1 Å². The van der Waals surface area contributed by atoms with Crippen molar-refractivity contribution >= 4 is 5.78 Å². The normalized spacial score (nSPS) is 12.9. The standard InChI is InChI=1S/C12H14N2O/c1-12(2,3)11(15)9(8-13)10-6-4-5-7-14-10/h4-7,9H,1-3H3/t9-/m1/s1. The summed E-state index contributed by atoms with van der Waals surface area (Å²) < 4.78 is 0. The highest BCUT2D eigenvalue weighted by Gasteiger charge is 2.31. The minimum absolute atomic E-state index is 0.0938. The summed E-state index contributed by atoms with van der Waals surface area (Å²) in [4.78, 5) is 16.0. The fraction of sp³-hybridized carbons (Fsp3) is 0.417. The monoisotopic (exact) mass is 202 g/mol. The summed E-state index contributed by atoms with van der Waals surface area (Å²) in [6.07, 6.45) is 1.59. The highest BCUT2D eigenvalue weighted by molar-refractivity contribution is 5.92. The molecule has 0 aromatic carbocycles. The number of carbonyl (C=O) groups is 1. The van der Waals surface area contributed by atoms with Crippen LogP contribution in [-0.4, -0.2) is 10.8 Å². The van der Waals surface area contributed by atoms with E-state index in [0.29, 0.717) is 5.69 Å². The quantitative estimate of drug-likeness (QED) is 0.739. The van der Waals surface area contributed by atoms with E-state index in [4.69, 9.17) is 5.26 Å². The number of Topliss-reactive ketones (excluding diaryl/α,β-unsaturated/α-hetero) is 1. The minimum atomic E-state index is -0.758. The van der Waals surface area contributed by atoms with E-state index < -0.39 is 11.3 Å². The van der Waals surface area contributed by atoms with E-state index in [9.17, 15) is 4.79 Å². The van der Waals surface area contributed by atoms with Gasteiger partial charge in [-0.1, -0.05) is 26.8 Å². The molecule has 0 saturated heterocycles. The van der Waals surface area contributed by atoms with Gasteiger partial charge < -0.3 is 0 Å². The third kappa shape index (κ3) is 2.63. The Labute approximate surface area is 89.8 Å². The Morgan fingerprint density at radius 3 is 2.53 bits per heavy atom. The van der Waals surface area contributed by atoms with Crippen LogP contribution >= 0.6 is 0 Å². The van der Waals surface area contributed by atoms with Crippen LogP contribution in [0.3, 0.4) is 0 Å². The summed E-state index contributed by atoms with van der Waals surface area (Å²) in [5, 5.41) is 9.00. The van der Waals surface area contributed by atoms with Crippen molar-refractivity contribution in [2.24, 2.45) is 5.41 Å². The maximum absolute atomic E-state index is 11.9. The third-order valence-electron chi connectivity index (χ3n) is 2.11. The Kier molecular flexibility index (Phi) is 3.21. The SMILES string of the molecule is CC(C)(C)C(=O)[C@H](C#N)c1ccccn1. The second-order valence-corrected chi connectivity index (χ2v) is 4.43. The van der Waals surface area contributed by atoms with Crippen molar-refractivity contribution in [2.75, 3.05) is 0 Å². The first-order valence-corrected chi connectivity index (χ1v) is 4.81. The molecule has 0 aliphatic rings. The average molecular weight is 202 g/mol. The maximum Gasteiger partial charge on any atom is 0.161 e. The zero-order valence-corrected chi connectivity index (χ0v) is 9.19. The van der Waals surface area contributed by atoms with Crippen LogP contribution in [0.1, 0.15) is 32.4 Å². The van der Waals surface area contributed by atoms with Crippen LogP contribution in [0.25, 0.3) is 0 Å². The largest absolute Gasteiger partial charge is 0.297 e. The molecule has 1 rings (SSSR count). The molecule has 3 heteroatoms. The van der Waals surface area contributed by atoms with Gasteiger partial charge in [0.2, 0.25) is 0 Å². The molecule has 1 aromatic heterocycles. The molecule has 0 aliphatic carbocycles. The molecule has 3 nitrogen and oxygen atoms in total. The van der Waals surface area contributed by atoms with Crippen molar-refractivity contribution in [3.8, 4) is 6.07 Å². The first-order chi connectivity index (χ1) is 6.96. The highest BCUT2D eigenvalue weighted by Crippen LogP contribution is 2.25. The lowest BCUT2D eigenvalue weighted by Gasteiger charge is -2.19. The molecular formula is C12H14N2O. The number of hydrogen-bond acceptors (Lipinski definition) is 3. The van der Waals surface area contributed by atoms with Gasteiger partial charge in [0, 0.05) is 11.6 Å². The highest BCUT2D eigenvalue weighted by atomic mass is 16.1. The fourth-order valence-electron chi connectivity index (χ4n) is 1.24. The topological polar surface area (TPSA) is 53.8 Å². The molecule has 0 radical (unpaired) electrons. The van der Waals surface area contributed by atoms with E-state index in [1.54, 1.807) is 24.4 Å². The second-order valence-electron chi connectivity index (χ2n) is 4.43. The van der Waals surface area contributed by atoms with Crippen molar-refractivity contribution in [2.45, 2.75) is 26.7 Å². The molecule has 0 bridgehead atoms. The van der Waals surface area contributed by atoms with E-state index in [1.165, 1.54) is 0 Å². The Morgan fingerprint density at radius 1 is 1.47 bits per heavy atom. The summed E-state index contributed by atoms with van der Waals surface area (Å²) >= 11 is 0. The Balaban J connectivity index is 3.03. The summed E-state index contributed by atoms with van der Waals surface area (Å²) in [6, 6.07) is 7.26. The van der Waals surface area contributed by atoms with Crippen LogP contribution in [0, 0.1) is 16.7 Å². The summed E-state index contributed by atoms with van der Waals surface area (Å²) in [6.45, 7) is 5.42. The minimum Gasteiger partial charge on any atom is -0.297 e. The molecule has 78 valence electrons. The number of hydrogen-bond donors (Lipinski definition) is 0. The molecule has 15 heavy (non-hydrogen) atoms. The summed E-state index contributed by atoms with van der Waals surface area (Å²) in [5.74, 6) is -0.852. The molecule has 1 aromatic rings. The van der Waals surface area contributed by atoms with E-state index in [2.05, 4.69) is 4.98 Å². The summed E-state index contributed by atoms with van der Waals surface area (Å²) in [7, 11) is 0. The van der Waals surface area contributed by atoms with Crippen molar-refractivity contribution < 1.29 is 4.79 Å². The molecule has 1 heterocycles. The number of aromatic nitrogens is 1. The number of nitriles is 1. The summed E-state index contributed by atoms with van der Waals surface area (Å²) in [5.41, 5.74) is 0.0118. The Morgan fingerprint density at radius 2 is 2.13 bits per heavy atom. The number of ketones is 1. The van der Waals surface area contributed by atoms with Crippen LogP contribution in [0.4, 0.5) is 0 Å². The predicted molar refractivity (Wildman–Crippen MR) is 57.1 cm³/mol. The maximum atomic E-state index is 11.9. The fourth-order valence-corrected chi connectivity index (χ4v) is 1.24. The lowest BCUT2D eigenvalue weighted by molar-refractivity contribution is -0.126. The number of rotatable bonds is 2. The lowest BCUT2D eigenvalue weighted by atomic mass is 9.82. The molecule has 0 saturated carbocycles. The number of pyridine rings is 1. The van der Waals surface area contributed by atoms with E-state index in [-0.39, 0.29) is 5.78 Å². The van der Waals surface area contributed by atoms with Gasteiger partial charge in [0.05, 0.1) is 11.8 Å². The van der Waals surface area contributed by atoms with Gasteiger partial charge in [0.1, 0.15) is 5.92 Å². The van der Waals surface area contributed by atoms with Gasteiger partial charge in [-0.25, -0.2) is 0 Å². The van der Waals surface area contributed by atoms with Crippen LogP contribution in [-0.2, 0) is 4.79 Å². The van der Waals surface area contributed by atoms with E-state index in [0.717, 1.165) is 0 Å². The molecule has 0 spiro atoms. The van der Waals surface area contributed by atoms with Gasteiger partial charge in [0.15, 0.2) is 5.78 Å². The van der Waals surface area contributed by atoms with Gasteiger partial charge in [-0.2, -0.15) is 5.26 Å². The van der Waals surface area contributed by atoms with Crippen LogP contribution in [0.2, 0.25) is 0 Å². The first-order valence-electron chi connectivity index (χ1n) is 4.81. The Bertz CT molecular complexity index is 384.